The van der Waals surface area contributed by atoms with Gasteiger partial charge in [0.25, 0.3) is 5.91 Å². The van der Waals surface area contributed by atoms with E-state index in [0.717, 1.165) is 10.5 Å². The van der Waals surface area contributed by atoms with Gasteiger partial charge in [-0.1, -0.05) is 0 Å². The number of halogens is 6. The average Bonchev–Trinajstić information content (AvgIpc) is 2.72. The molecular weight excluding hydrogens is 424 g/mol. The van der Waals surface area contributed by atoms with Crippen molar-refractivity contribution in [2.24, 2.45) is 0 Å². The van der Waals surface area contributed by atoms with E-state index in [2.05, 4.69) is 9.97 Å². The number of benzene rings is 1. The summed E-state index contributed by atoms with van der Waals surface area (Å²) >= 11 is 0. The van der Waals surface area contributed by atoms with Crippen molar-refractivity contribution >= 4 is 5.91 Å². The van der Waals surface area contributed by atoms with E-state index in [4.69, 9.17) is 0 Å². The van der Waals surface area contributed by atoms with Gasteiger partial charge in [-0.25, -0.2) is 0 Å². The van der Waals surface area contributed by atoms with Crippen LogP contribution in [0.2, 0.25) is 0 Å². The van der Waals surface area contributed by atoms with Gasteiger partial charge in [0.15, 0.2) is 0 Å². The molecule has 0 saturated heterocycles. The first-order valence-corrected chi connectivity index (χ1v) is 8.85. The van der Waals surface area contributed by atoms with Crippen molar-refractivity contribution in [3.63, 3.8) is 0 Å². The molecule has 0 N–H and O–H groups in total. The van der Waals surface area contributed by atoms with E-state index in [-0.39, 0.29) is 17.2 Å². The van der Waals surface area contributed by atoms with Gasteiger partial charge in [-0.15, -0.1) is 0 Å². The summed E-state index contributed by atoms with van der Waals surface area (Å²) in [5, 5.41) is 0. The van der Waals surface area contributed by atoms with Crippen LogP contribution < -0.4 is 0 Å². The highest BCUT2D eigenvalue weighted by atomic mass is 19.4. The Morgan fingerprint density at radius 2 is 1.48 bits per heavy atom. The molecule has 0 radical (unpaired) electrons. The zero-order chi connectivity index (χ0) is 22.8. The Balaban J connectivity index is 1.82. The molecule has 0 aliphatic carbocycles. The van der Waals surface area contributed by atoms with Crippen LogP contribution in [0.5, 0.6) is 0 Å². The number of hydrogen-bond donors (Lipinski definition) is 0. The molecule has 4 nitrogen and oxygen atoms in total. The fraction of sp³-hybridized carbons (Fsp3) is 0.190. The van der Waals surface area contributed by atoms with Gasteiger partial charge in [-0.05, 0) is 48.0 Å². The molecule has 1 aromatic carbocycles. The van der Waals surface area contributed by atoms with Crippen LogP contribution in [0.3, 0.4) is 0 Å². The van der Waals surface area contributed by atoms with Crippen molar-refractivity contribution in [2.45, 2.75) is 18.9 Å². The summed E-state index contributed by atoms with van der Waals surface area (Å²) in [6, 6.07) is 7.77. The maximum Gasteiger partial charge on any atom is 0.416 e. The predicted octanol–water partition coefficient (Wildman–Crippen LogP) is 5.45. The van der Waals surface area contributed by atoms with Gasteiger partial charge in [-0.2, -0.15) is 26.3 Å². The van der Waals surface area contributed by atoms with E-state index in [0.29, 0.717) is 17.8 Å². The number of aromatic nitrogens is 2. The highest BCUT2D eigenvalue weighted by Crippen LogP contribution is 2.36. The highest BCUT2D eigenvalue weighted by molar-refractivity contribution is 5.94. The van der Waals surface area contributed by atoms with Crippen LogP contribution in [0.4, 0.5) is 26.3 Å². The Morgan fingerprint density at radius 3 is 1.97 bits per heavy atom. The molecule has 162 valence electrons. The smallest absolute Gasteiger partial charge is 0.337 e. The molecule has 3 rings (SSSR count). The molecule has 0 saturated carbocycles. The fourth-order valence-corrected chi connectivity index (χ4v) is 2.89. The van der Waals surface area contributed by atoms with E-state index < -0.39 is 35.9 Å². The van der Waals surface area contributed by atoms with Gasteiger partial charge in [0, 0.05) is 37.7 Å². The van der Waals surface area contributed by atoms with E-state index in [1.807, 2.05) is 0 Å². The summed E-state index contributed by atoms with van der Waals surface area (Å²) in [6.45, 7) is -0.446. The Kier molecular flexibility index (Phi) is 6.01. The van der Waals surface area contributed by atoms with Gasteiger partial charge >= 0.3 is 12.4 Å². The molecule has 2 heterocycles. The number of hydrogen-bond acceptors (Lipinski definition) is 3. The summed E-state index contributed by atoms with van der Waals surface area (Å²) in [4.78, 5) is 21.7. The molecule has 0 aliphatic rings. The van der Waals surface area contributed by atoms with Crippen LogP contribution in [0.25, 0.3) is 11.3 Å². The second-order valence-corrected chi connectivity index (χ2v) is 6.74. The van der Waals surface area contributed by atoms with Gasteiger partial charge in [0.1, 0.15) is 0 Å². The first kappa shape index (κ1) is 22.3. The van der Waals surface area contributed by atoms with Crippen molar-refractivity contribution in [3.8, 4) is 11.3 Å². The van der Waals surface area contributed by atoms with E-state index in [1.54, 1.807) is 30.6 Å². The molecule has 3 aromatic rings. The van der Waals surface area contributed by atoms with Crippen molar-refractivity contribution < 1.29 is 31.1 Å². The Hall–Kier alpha value is -3.43. The lowest BCUT2D eigenvalue weighted by molar-refractivity contribution is -0.143. The minimum Gasteiger partial charge on any atom is -0.337 e. The van der Waals surface area contributed by atoms with Crippen LogP contribution in [0.15, 0.2) is 61.1 Å². The minimum atomic E-state index is -4.95. The van der Waals surface area contributed by atoms with Gasteiger partial charge in [-0.3, -0.25) is 14.8 Å². The number of carbonyl (C=O) groups is 1. The predicted molar refractivity (Wildman–Crippen MR) is 99.7 cm³/mol. The molecule has 1 amide bonds. The number of alkyl halides is 6. The van der Waals surface area contributed by atoms with Crippen LogP contribution in [-0.4, -0.2) is 27.8 Å². The van der Waals surface area contributed by atoms with Crippen molar-refractivity contribution in [1.82, 2.24) is 14.9 Å². The quantitative estimate of drug-likeness (QED) is 0.508. The molecule has 0 aliphatic heterocycles. The van der Waals surface area contributed by atoms with Crippen molar-refractivity contribution in [2.75, 3.05) is 7.05 Å². The third kappa shape index (κ3) is 5.39. The summed E-state index contributed by atoms with van der Waals surface area (Å²) < 4.78 is 78.1. The average molecular weight is 439 g/mol. The summed E-state index contributed by atoms with van der Waals surface area (Å²) in [5.74, 6) is -0.597. The lowest BCUT2D eigenvalue weighted by Gasteiger charge is -2.20. The highest BCUT2D eigenvalue weighted by Gasteiger charge is 2.37. The first-order valence-electron chi connectivity index (χ1n) is 8.85. The van der Waals surface area contributed by atoms with E-state index >= 15 is 0 Å². The van der Waals surface area contributed by atoms with Crippen LogP contribution in [-0.2, 0) is 18.9 Å². The molecule has 0 fully saturated rings. The molecular formula is C21H15F6N3O. The second kappa shape index (κ2) is 8.37. The Bertz CT molecular complexity index is 1030. The summed E-state index contributed by atoms with van der Waals surface area (Å²) in [6.07, 6.45) is -5.46. The molecule has 0 unspecified atom stereocenters. The molecule has 0 bridgehead atoms. The zero-order valence-electron chi connectivity index (χ0n) is 16.0. The largest absolute Gasteiger partial charge is 0.416 e. The number of rotatable bonds is 4. The standard InChI is InChI=1S/C21H15F6N3O/c1-30(12-13-8-16(20(22,23)24)10-17(9-13)21(25,26)27)19(31)15-2-3-18(29-11-15)14-4-6-28-7-5-14/h2-11H,12H2,1H3. The normalized spacial score (nSPS) is 12.0. The van der Waals surface area contributed by atoms with Crippen LogP contribution in [0, 0.1) is 0 Å². The Morgan fingerprint density at radius 1 is 0.903 bits per heavy atom. The number of amides is 1. The molecule has 2 aromatic heterocycles. The molecule has 0 atom stereocenters. The van der Waals surface area contributed by atoms with Gasteiger partial charge in [0.2, 0.25) is 0 Å². The van der Waals surface area contributed by atoms with Gasteiger partial charge < -0.3 is 4.90 Å². The summed E-state index contributed by atoms with van der Waals surface area (Å²) in [7, 11) is 1.28. The van der Waals surface area contributed by atoms with E-state index in [1.165, 1.54) is 19.3 Å². The van der Waals surface area contributed by atoms with Crippen molar-refractivity contribution in [3.05, 3.63) is 83.3 Å². The minimum absolute atomic E-state index is 0.0487. The molecule has 10 heteroatoms. The third-order valence-electron chi connectivity index (χ3n) is 4.40. The molecule has 0 spiro atoms. The lowest BCUT2D eigenvalue weighted by Crippen LogP contribution is -2.26. The monoisotopic (exact) mass is 439 g/mol. The van der Waals surface area contributed by atoms with Gasteiger partial charge in [0.05, 0.1) is 22.4 Å². The van der Waals surface area contributed by atoms with E-state index in [9.17, 15) is 31.1 Å². The SMILES string of the molecule is CN(Cc1cc(C(F)(F)F)cc(C(F)(F)F)c1)C(=O)c1ccc(-c2ccncc2)nc1. The maximum atomic E-state index is 13.0. The fourth-order valence-electron chi connectivity index (χ4n) is 2.89. The molecule has 31 heavy (non-hydrogen) atoms. The first-order chi connectivity index (χ1) is 14.4. The summed E-state index contributed by atoms with van der Waals surface area (Å²) in [5.41, 5.74) is -1.66. The number of pyridine rings is 2. The second-order valence-electron chi connectivity index (χ2n) is 6.74. The van der Waals surface area contributed by atoms with Crippen molar-refractivity contribution in [1.29, 1.82) is 0 Å². The Labute approximate surface area is 173 Å². The third-order valence-corrected chi connectivity index (χ3v) is 4.40. The zero-order valence-corrected chi connectivity index (χ0v) is 16.0. The van der Waals surface area contributed by atoms with Crippen LogP contribution in [0.1, 0.15) is 27.0 Å². The number of carbonyl (C=O) groups excluding carboxylic acids is 1. The maximum absolute atomic E-state index is 13.0. The number of nitrogens with zero attached hydrogens (tertiary/aromatic N) is 3. The lowest BCUT2D eigenvalue weighted by atomic mass is 10.0. The topological polar surface area (TPSA) is 46.1 Å². The van der Waals surface area contributed by atoms with Crippen LogP contribution >= 0.6 is 0 Å².